The minimum absolute atomic E-state index is 0.0341. The molecule has 0 radical (unpaired) electrons. The number of carbonyl (C=O) groups excluding carboxylic acids is 2. The van der Waals surface area contributed by atoms with Crippen molar-refractivity contribution >= 4 is 11.8 Å². The van der Waals surface area contributed by atoms with Gasteiger partial charge in [-0.05, 0) is 12.8 Å². The van der Waals surface area contributed by atoms with Crippen LogP contribution in [0.3, 0.4) is 0 Å². The molecule has 12 heavy (non-hydrogen) atoms. The molecule has 0 bridgehead atoms. The Kier molecular flexibility index (Phi) is 1.84. The van der Waals surface area contributed by atoms with Crippen LogP contribution in [-0.4, -0.2) is 29.4 Å². The van der Waals surface area contributed by atoms with E-state index in [2.05, 4.69) is 5.32 Å². The first-order chi connectivity index (χ1) is 5.77. The second kappa shape index (κ2) is 2.86. The van der Waals surface area contributed by atoms with E-state index in [0.29, 0.717) is 25.6 Å². The summed E-state index contributed by atoms with van der Waals surface area (Å²) in [5, 5.41) is 3.14. The average Bonchev–Trinajstić information content (AvgIpc) is 2.80. The number of nitrogens with zero attached hydrogens (tertiary/aromatic N) is 1. The quantitative estimate of drug-likeness (QED) is 0.596. The number of carbonyl (C=O) groups is 2. The lowest BCUT2D eigenvalue weighted by Crippen LogP contribution is -2.38. The van der Waals surface area contributed by atoms with Crippen molar-refractivity contribution < 1.29 is 9.59 Å². The molecule has 1 saturated heterocycles. The predicted octanol–water partition coefficient (Wildman–Crippen LogP) is -0.155. The summed E-state index contributed by atoms with van der Waals surface area (Å²) in [5.41, 5.74) is 0. The van der Waals surface area contributed by atoms with Crippen molar-refractivity contribution in [3.63, 3.8) is 0 Å². The van der Waals surface area contributed by atoms with Crippen LogP contribution in [0.5, 0.6) is 0 Å². The lowest BCUT2D eigenvalue weighted by atomic mass is 10.4. The maximum atomic E-state index is 11.1. The van der Waals surface area contributed by atoms with E-state index in [1.807, 2.05) is 0 Å². The summed E-state index contributed by atoms with van der Waals surface area (Å²) in [4.78, 5) is 23.5. The fourth-order valence-electron chi connectivity index (χ4n) is 1.31. The standard InChI is InChI=1S/C8H12N2O2/c11-7-3-4-8(12)10(7)5-9-6-1-2-6/h6,9H,1-5H2. The van der Waals surface area contributed by atoms with Gasteiger partial charge in [-0.1, -0.05) is 0 Å². The van der Waals surface area contributed by atoms with Gasteiger partial charge >= 0.3 is 0 Å². The van der Waals surface area contributed by atoms with Gasteiger partial charge < -0.3 is 0 Å². The van der Waals surface area contributed by atoms with Crippen molar-refractivity contribution in [2.45, 2.75) is 31.7 Å². The molecule has 1 N–H and O–H groups in total. The summed E-state index contributed by atoms with van der Waals surface area (Å²) in [6.07, 6.45) is 3.14. The van der Waals surface area contributed by atoms with E-state index < -0.39 is 0 Å². The van der Waals surface area contributed by atoms with Gasteiger partial charge in [0.05, 0.1) is 6.67 Å². The summed E-state index contributed by atoms with van der Waals surface area (Å²) in [6.45, 7) is 0.419. The molecule has 2 aliphatic rings. The molecule has 0 aromatic carbocycles. The molecule has 2 amide bonds. The van der Waals surface area contributed by atoms with Crippen LogP contribution in [0.4, 0.5) is 0 Å². The fraction of sp³-hybridized carbons (Fsp3) is 0.750. The molecule has 1 aliphatic carbocycles. The number of hydrogen-bond acceptors (Lipinski definition) is 3. The number of nitrogens with one attached hydrogen (secondary N) is 1. The Labute approximate surface area is 70.9 Å². The molecule has 0 atom stereocenters. The van der Waals surface area contributed by atoms with Crippen LogP contribution in [-0.2, 0) is 9.59 Å². The average molecular weight is 168 g/mol. The Morgan fingerprint density at radius 3 is 2.33 bits per heavy atom. The van der Waals surface area contributed by atoms with Crippen molar-refractivity contribution in [1.82, 2.24) is 10.2 Å². The normalized spacial score (nSPS) is 23.8. The van der Waals surface area contributed by atoms with Crippen molar-refractivity contribution in [3.8, 4) is 0 Å². The van der Waals surface area contributed by atoms with Crippen molar-refractivity contribution in [1.29, 1.82) is 0 Å². The van der Waals surface area contributed by atoms with Gasteiger partial charge in [0.15, 0.2) is 0 Å². The summed E-state index contributed by atoms with van der Waals surface area (Å²) < 4.78 is 0. The molecule has 1 aliphatic heterocycles. The SMILES string of the molecule is O=C1CCC(=O)N1CNC1CC1. The van der Waals surface area contributed by atoms with E-state index >= 15 is 0 Å². The maximum absolute atomic E-state index is 11.1. The number of likely N-dealkylation sites (tertiary alicyclic amines) is 1. The van der Waals surface area contributed by atoms with Crippen LogP contribution in [0, 0.1) is 0 Å². The molecule has 2 rings (SSSR count). The van der Waals surface area contributed by atoms with Gasteiger partial charge in [0.2, 0.25) is 11.8 Å². The molecule has 66 valence electrons. The highest BCUT2D eigenvalue weighted by Crippen LogP contribution is 2.19. The second-order valence-electron chi connectivity index (χ2n) is 3.35. The molecular formula is C8H12N2O2. The third-order valence-electron chi connectivity index (χ3n) is 2.27. The van der Waals surface area contributed by atoms with Gasteiger partial charge in [0.25, 0.3) is 0 Å². The molecule has 1 heterocycles. The Balaban J connectivity index is 1.83. The summed E-state index contributed by atoms with van der Waals surface area (Å²) in [6, 6.07) is 0.547. The first-order valence-electron chi connectivity index (χ1n) is 4.34. The lowest BCUT2D eigenvalue weighted by molar-refractivity contribution is -0.138. The minimum Gasteiger partial charge on any atom is -0.297 e. The molecule has 4 nitrogen and oxygen atoms in total. The van der Waals surface area contributed by atoms with Crippen LogP contribution in [0.1, 0.15) is 25.7 Å². The lowest BCUT2D eigenvalue weighted by Gasteiger charge is -2.13. The van der Waals surface area contributed by atoms with Crippen LogP contribution < -0.4 is 5.32 Å². The van der Waals surface area contributed by atoms with Gasteiger partial charge in [-0.25, -0.2) is 0 Å². The Morgan fingerprint density at radius 2 is 1.83 bits per heavy atom. The minimum atomic E-state index is -0.0341. The van der Waals surface area contributed by atoms with Gasteiger partial charge in [-0.15, -0.1) is 0 Å². The number of rotatable bonds is 3. The van der Waals surface area contributed by atoms with Gasteiger partial charge in [-0.3, -0.25) is 19.8 Å². The molecule has 0 aromatic rings. The molecule has 4 heteroatoms. The molecule has 1 saturated carbocycles. The van der Waals surface area contributed by atoms with E-state index in [0.717, 1.165) is 0 Å². The van der Waals surface area contributed by atoms with E-state index in [1.165, 1.54) is 17.7 Å². The first kappa shape index (κ1) is 7.73. The number of hydrogen-bond donors (Lipinski definition) is 1. The largest absolute Gasteiger partial charge is 0.297 e. The third kappa shape index (κ3) is 1.48. The highest BCUT2D eigenvalue weighted by molar-refractivity contribution is 6.01. The van der Waals surface area contributed by atoms with Crippen LogP contribution in [0.15, 0.2) is 0 Å². The van der Waals surface area contributed by atoms with Crippen molar-refractivity contribution in [2.75, 3.05) is 6.67 Å². The topological polar surface area (TPSA) is 49.4 Å². The zero-order valence-electron chi connectivity index (χ0n) is 6.88. The summed E-state index contributed by atoms with van der Waals surface area (Å²) >= 11 is 0. The van der Waals surface area contributed by atoms with Crippen LogP contribution >= 0.6 is 0 Å². The fourth-order valence-corrected chi connectivity index (χ4v) is 1.31. The van der Waals surface area contributed by atoms with Crippen molar-refractivity contribution in [2.24, 2.45) is 0 Å². The molecule has 0 spiro atoms. The number of imide groups is 1. The zero-order valence-corrected chi connectivity index (χ0v) is 6.88. The maximum Gasteiger partial charge on any atom is 0.230 e. The molecule has 0 aromatic heterocycles. The molecule has 2 fully saturated rings. The Bertz CT molecular complexity index is 207. The molecule has 0 unspecified atom stereocenters. The van der Waals surface area contributed by atoms with E-state index in [1.54, 1.807) is 0 Å². The predicted molar refractivity (Wildman–Crippen MR) is 42.1 cm³/mol. The Hall–Kier alpha value is -0.900. The first-order valence-corrected chi connectivity index (χ1v) is 4.34. The van der Waals surface area contributed by atoms with Gasteiger partial charge in [-0.2, -0.15) is 0 Å². The van der Waals surface area contributed by atoms with Crippen LogP contribution in [0.2, 0.25) is 0 Å². The van der Waals surface area contributed by atoms with E-state index in [9.17, 15) is 9.59 Å². The molecular weight excluding hydrogens is 156 g/mol. The highest BCUT2D eigenvalue weighted by Gasteiger charge is 2.30. The summed E-state index contributed by atoms with van der Waals surface area (Å²) in [7, 11) is 0. The monoisotopic (exact) mass is 168 g/mol. The summed E-state index contributed by atoms with van der Waals surface area (Å²) in [5.74, 6) is -0.0682. The van der Waals surface area contributed by atoms with Crippen molar-refractivity contribution in [3.05, 3.63) is 0 Å². The van der Waals surface area contributed by atoms with Gasteiger partial charge in [0, 0.05) is 18.9 Å². The Morgan fingerprint density at radius 1 is 1.25 bits per heavy atom. The smallest absolute Gasteiger partial charge is 0.230 e. The van der Waals surface area contributed by atoms with Gasteiger partial charge in [0.1, 0.15) is 0 Å². The van der Waals surface area contributed by atoms with E-state index in [4.69, 9.17) is 0 Å². The van der Waals surface area contributed by atoms with Crippen LogP contribution in [0.25, 0.3) is 0 Å². The zero-order chi connectivity index (χ0) is 8.55. The van der Waals surface area contributed by atoms with E-state index in [-0.39, 0.29) is 11.8 Å². The second-order valence-corrected chi connectivity index (χ2v) is 3.35. The highest BCUT2D eigenvalue weighted by atomic mass is 16.2. The third-order valence-corrected chi connectivity index (χ3v) is 2.27. The number of amides is 2.